The summed E-state index contributed by atoms with van der Waals surface area (Å²) in [4.78, 5) is 18.1. The zero-order valence-corrected chi connectivity index (χ0v) is 20.3. The maximum absolute atomic E-state index is 13.4. The van der Waals surface area contributed by atoms with Gasteiger partial charge in [0.2, 0.25) is 5.82 Å². The van der Waals surface area contributed by atoms with Crippen molar-refractivity contribution < 1.29 is 9.15 Å². The summed E-state index contributed by atoms with van der Waals surface area (Å²) < 4.78 is 14.0. The molecule has 0 radical (unpaired) electrons. The minimum absolute atomic E-state index is 0.115. The minimum Gasteiger partial charge on any atom is -0.490 e. The van der Waals surface area contributed by atoms with Crippen molar-refractivity contribution in [2.24, 2.45) is 5.10 Å². The highest BCUT2D eigenvalue weighted by Gasteiger charge is 2.16. The number of fused-ring (bicyclic) bond motifs is 2. The van der Waals surface area contributed by atoms with Gasteiger partial charge in [0, 0.05) is 5.39 Å². The Labute approximate surface area is 204 Å². The number of halogens is 1. The molecule has 0 amide bonds. The molecule has 0 aliphatic carbocycles. The van der Waals surface area contributed by atoms with E-state index in [-0.39, 0.29) is 11.7 Å². The third-order valence-corrected chi connectivity index (χ3v) is 6.20. The van der Waals surface area contributed by atoms with Gasteiger partial charge < -0.3 is 9.15 Å². The molecule has 3 aromatic carbocycles. The lowest BCUT2D eigenvalue weighted by molar-refractivity contribution is 0.216. The number of benzene rings is 3. The molecule has 0 saturated carbocycles. The first-order valence-corrected chi connectivity index (χ1v) is 11.8. The van der Waals surface area contributed by atoms with Crippen LogP contribution in [0.4, 0.5) is 0 Å². The third kappa shape index (κ3) is 4.26. The largest absolute Gasteiger partial charge is 0.490 e. The van der Waals surface area contributed by atoms with Crippen LogP contribution < -0.4 is 10.3 Å². The van der Waals surface area contributed by atoms with Gasteiger partial charge in [0.1, 0.15) is 11.3 Å². The second-order valence-electron chi connectivity index (χ2n) is 7.99. The van der Waals surface area contributed by atoms with E-state index in [2.05, 4.69) is 28.0 Å². The molecule has 1 atom stereocenters. The standard InChI is InChI=1S/C27H22BrN3O3/c1-3-17(2)33-24-13-12-18(14-21(24)28)16-29-31-26(25-15-19-8-4-7-11-23(19)34-25)30-22-10-6-5-9-20(22)27(31)32/h4-17H,3H2,1-2H3/t17-/m1/s1. The molecule has 0 fully saturated rings. The van der Waals surface area contributed by atoms with Gasteiger partial charge in [-0.2, -0.15) is 9.78 Å². The minimum atomic E-state index is -0.270. The molecule has 0 N–H and O–H groups in total. The average molecular weight is 516 g/mol. The monoisotopic (exact) mass is 515 g/mol. The number of para-hydroxylation sites is 2. The first kappa shape index (κ1) is 22.1. The molecule has 2 aromatic heterocycles. The van der Waals surface area contributed by atoms with Crippen LogP contribution in [0.5, 0.6) is 5.75 Å². The molecule has 0 aliphatic heterocycles. The van der Waals surface area contributed by atoms with Crippen LogP contribution in [0.1, 0.15) is 25.8 Å². The van der Waals surface area contributed by atoms with Gasteiger partial charge in [-0.25, -0.2) is 4.98 Å². The Morgan fingerprint density at radius 2 is 1.91 bits per heavy atom. The number of ether oxygens (including phenoxy) is 1. The summed E-state index contributed by atoms with van der Waals surface area (Å²) in [6.07, 6.45) is 2.66. The molecule has 0 bridgehead atoms. The number of furan rings is 1. The van der Waals surface area contributed by atoms with Crippen LogP contribution in [0.2, 0.25) is 0 Å². The fourth-order valence-corrected chi connectivity index (χ4v) is 4.09. The Hall–Kier alpha value is -3.71. The number of aromatic nitrogens is 2. The molecule has 0 unspecified atom stereocenters. The van der Waals surface area contributed by atoms with Gasteiger partial charge in [-0.15, -0.1) is 0 Å². The van der Waals surface area contributed by atoms with Crippen molar-refractivity contribution in [2.75, 3.05) is 0 Å². The molecule has 5 aromatic rings. The lowest BCUT2D eigenvalue weighted by atomic mass is 10.2. The molecule has 0 saturated heterocycles. The first-order valence-electron chi connectivity index (χ1n) is 11.0. The fourth-order valence-electron chi connectivity index (χ4n) is 3.60. The van der Waals surface area contributed by atoms with Gasteiger partial charge in [-0.05, 0) is 77.3 Å². The van der Waals surface area contributed by atoms with Crippen molar-refractivity contribution in [1.82, 2.24) is 9.66 Å². The van der Waals surface area contributed by atoms with Gasteiger partial charge in [0.05, 0.1) is 27.7 Å². The van der Waals surface area contributed by atoms with E-state index < -0.39 is 0 Å². The molecular weight excluding hydrogens is 494 g/mol. The van der Waals surface area contributed by atoms with E-state index in [1.54, 1.807) is 12.3 Å². The smallest absolute Gasteiger partial charge is 0.282 e. The number of hydrogen-bond donors (Lipinski definition) is 0. The molecule has 5 rings (SSSR count). The Morgan fingerprint density at radius 1 is 1.12 bits per heavy atom. The van der Waals surface area contributed by atoms with Crippen LogP contribution in [0.15, 0.2) is 91.6 Å². The predicted octanol–water partition coefficient (Wildman–Crippen LogP) is 6.63. The summed E-state index contributed by atoms with van der Waals surface area (Å²) in [5.41, 5.74) is 1.84. The van der Waals surface area contributed by atoms with E-state index in [0.717, 1.165) is 33.2 Å². The van der Waals surface area contributed by atoms with Crippen molar-refractivity contribution in [3.63, 3.8) is 0 Å². The third-order valence-electron chi connectivity index (χ3n) is 5.58. The van der Waals surface area contributed by atoms with Crippen LogP contribution in [0.25, 0.3) is 33.5 Å². The fraction of sp³-hybridized carbons (Fsp3) is 0.148. The number of nitrogens with zero attached hydrogens (tertiary/aromatic N) is 3. The van der Waals surface area contributed by atoms with Crippen molar-refractivity contribution in [3.05, 3.63) is 93.2 Å². The number of hydrogen-bond acceptors (Lipinski definition) is 5. The average Bonchev–Trinajstić information content (AvgIpc) is 3.29. The molecule has 34 heavy (non-hydrogen) atoms. The van der Waals surface area contributed by atoms with Crippen molar-refractivity contribution in [3.8, 4) is 17.3 Å². The summed E-state index contributed by atoms with van der Waals surface area (Å²) >= 11 is 3.57. The molecule has 7 heteroatoms. The van der Waals surface area contributed by atoms with Crippen molar-refractivity contribution >= 4 is 44.0 Å². The van der Waals surface area contributed by atoms with Crippen LogP contribution in [0, 0.1) is 0 Å². The second-order valence-corrected chi connectivity index (χ2v) is 8.84. The molecule has 0 aliphatic rings. The zero-order chi connectivity index (χ0) is 23.7. The quantitative estimate of drug-likeness (QED) is 0.238. The van der Waals surface area contributed by atoms with Crippen molar-refractivity contribution in [2.45, 2.75) is 26.4 Å². The van der Waals surface area contributed by atoms with Crippen molar-refractivity contribution in [1.29, 1.82) is 0 Å². The van der Waals surface area contributed by atoms with Gasteiger partial charge in [0.25, 0.3) is 5.56 Å². The normalized spacial score (nSPS) is 12.6. The van der Waals surface area contributed by atoms with E-state index >= 15 is 0 Å². The van der Waals surface area contributed by atoms with Crippen LogP contribution in [-0.2, 0) is 0 Å². The molecule has 6 nitrogen and oxygen atoms in total. The predicted molar refractivity (Wildman–Crippen MR) is 139 cm³/mol. The Morgan fingerprint density at radius 3 is 2.71 bits per heavy atom. The van der Waals surface area contributed by atoms with E-state index in [0.29, 0.717) is 22.5 Å². The summed E-state index contributed by atoms with van der Waals surface area (Å²) in [5.74, 6) is 1.57. The summed E-state index contributed by atoms with van der Waals surface area (Å²) in [5, 5.41) is 5.93. The Bertz CT molecular complexity index is 1550. The Balaban J connectivity index is 1.60. The second kappa shape index (κ2) is 9.27. The van der Waals surface area contributed by atoms with Gasteiger partial charge in [-0.1, -0.05) is 37.3 Å². The summed E-state index contributed by atoms with van der Waals surface area (Å²) in [6, 6.07) is 22.5. The van der Waals surface area contributed by atoms with Crippen LogP contribution in [0.3, 0.4) is 0 Å². The van der Waals surface area contributed by atoms with Crippen LogP contribution in [-0.4, -0.2) is 22.0 Å². The Kier molecular flexibility index (Phi) is 6.02. The van der Waals surface area contributed by atoms with Gasteiger partial charge >= 0.3 is 0 Å². The number of rotatable bonds is 6. The van der Waals surface area contributed by atoms with E-state index in [9.17, 15) is 4.79 Å². The van der Waals surface area contributed by atoms with Gasteiger partial charge in [0.15, 0.2) is 5.76 Å². The highest BCUT2D eigenvalue weighted by molar-refractivity contribution is 9.10. The highest BCUT2D eigenvalue weighted by Crippen LogP contribution is 2.28. The maximum atomic E-state index is 13.4. The van der Waals surface area contributed by atoms with E-state index in [1.807, 2.05) is 73.7 Å². The molecule has 170 valence electrons. The zero-order valence-electron chi connectivity index (χ0n) is 18.7. The van der Waals surface area contributed by atoms with E-state index in [1.165, 1.54) is 4.68 Å². The molecule has 0 spiro atoms. The van der Waals surface area contributed by atoms with Gasteiger partial charge in [-0.3, -0.25) is 4.79 Å². The summed E-state index contributed by atoms with van der Waals surface area (Å²) in [6.45, 7) is 4.11. The SMILES string of the molecule is CC[C@@H](C)Oc1ccc(C=Nn2c(-c3cc4ccccc4o3)nc3ccccc3c2=O)cc1Br. The van der Waals surface area contributed by atoms with Crippen LogP contribution >= 0.6 is 15.9 Å². The first-order chi connectivity index (χ1) is 16.5. The summed E-state index contributed by atoms with van der Waals surface area (Å²) in [7, 11) is 0. The van der Waals surface area contributed by atoms with E-state index in [4.69, 9.17) is 14.1 Å². The topological polar surface area (TPSA) is 69.6 Å². The lowest BCUT2D eigenvalue weighted by Crippen LogP contribution is -2.20. The maximum Gasteiger partial charge on any atom is 0.282 e. The highest BCUT2D eigenvalue weighted by atomic mass is 79.9. The molecular formula is C27H22BrN3O3. The lowest BCUT2D eigenvalue weighted by Gasteiger charge is -2.14. The molecule has 2 heterocycles.